The Balaban J connectivity index is 2.54. The van der Waals surface area contributed by atoms with E-state index in [-0.39, 0.29) is 5.82 Å². The quantitative estimate of drug-likeness (QED) is 0.853. The normalized spacial score (nSPS) is 12.5. The summed E-state index contributed by atoms with van der Waals surface area (Å²) in [5.74, 6) is -0.240. The number of rotatable bonds is 2. The third kappa shape index (κ3) is 2.29. The first kappa shape index (κ1) is 12.8. The lowest BCUT2D eigenvalue weighted by Crippen LogP contribution is -2.16. The van der Waals surface area contributed by atoms with Crippen LogP contribution in [0, 0.1) is 26.6 Å². The van der Waals surface area contributed by atoms with Gasteiger partial charge in [0.1, 0.15) is 5.82 Å². The first-order valence-corrected chi connectivity index (χ1v) is 6.08. The molecule has 0 amide bonds. The highest BCUT2D eigenvalue weighted by Gasteiger charge is 2.17. The molecule has 1 atom stereocenters. The van der Waals surface area contributed by atoms with Gasteiger partial charge in [-0.15, -0.1) is 0 Å². The lowest BCUT2D eigenvalue weighted by Gasteiger charge is -2.19. The van der Waals surface area contributed by atoms with Crippen LogP contribution in [0.1, 0.15) is 33.9 Å². The van der Waals surface area contributed by atoms with Crippen LogP contribution in [0.2, 0.25) is 0 Å². The summed E-state index contributed by atoms with van der Waals surface area (Å²) in [6.07, 6.45) is 0. The number of nitrogens with two attached hydrogens (primary N) is 1. The zero-order valence-electron chi connectivity index (χ0n) is 11.0. The van der Waals surface area contributed by atoms with Gasteiger partial charge < -0.3 is 5.73 Å². The first-order valence-electron chi connectivity index (χ1n) is 6.08. The van der Waals surface area contributed by atoms with Crippen LogP contribution in [-0.2, 0) is 0 Å². The maximum Gasteiger partial charge on any atom is 0.128 e. The van der Waals surface area contributed by atoms with Gasteiger partial charge in [0, 0.05) is 5.56 Å². The number of benzene rings is 2. The fraction of sp³-hybridized carbons (Fsp3) is 0.250. The summed E-state index contributed by atoms with van der Waals surface area (Å²) in [7, 11) is 0. The van der Waals surface area contributed by atoms with E-state index in [2.05, 4.69) is 0 Å². The number of hydrogen-bond acceptors (Lipinski definition) is 1. The van der Waals surface area contributed by atoms with E-state index < -0.39 is 6.04 Å². The van der Waals surface area contributed by atoms with Crippen LogP contribution >= 0.6 is 0 Å². The molecule has 0 heterocycles. The van der Waals surface area contributed by atoms with Crippen molar-refractivity contribution in [2.45, 2.75) is 26.8 Å². The summed E-state index contributed by atoms with van der Waals surface area (Å²) >= 11 is 0. The largest absolute Gasteiger partial charge is 0.320 e. The molecule has 1 nitrogen and oxygen atoms in total. The van der Waals surface area contributed by atoms with Crippen molar-refractivity contribution in [2.24, 2.45) is 5.73 Å². The Labute approximate surface area is 107 Å². The molecule has 2 heteroatoms. The van der Waals surface area contributed by atoms with Gasteiger partial charge in [0.25, 0.3) is 0 Å². The van der Waals surface area contributed by atoms with E-state index in [1.54, 1.807) is 6.07 Å². The molecule has 0 radical (unpaired) electrons. The average Bonchev–Trinajstić information content (AvgIpc) is 2.32. The zero-order valence-corrected chi connectivity index (χ0v) is 11.0. The topological polar surface area (TPSA) is 26.0 Å². The summed E-state index contributed by atoms with van der Waals surface area (Å²) in [6, 6.07) is 10.7. The highest BCUT2D eigenvalue weighted by Crippen LogP contribution is 2.27. The van der Waals surface area contributed by atoms with Crippen LogP contribution < -0.4 is 5.73 Å². The molecule has 0 saturated heterocycles. The van der Waals surface area contributed by atoms with Gasteiger partial charge in [-0.25, -0.2) is 4.39 Å². The van der Waals surface area contributed by atoms with Crippen LogP contribution in [0.25, 0.3) is 0 Å². The van der Waals surface area contributed by atoms with Crippen molar-refractivity contribution in [3.05, 3.63) is 70.0 Å². The molecule has 0 saturated carbocycles. The van der Waals surface area contributed by atoms with Gasteiger partial charge in [-0.3, -0.25) is 0 Å². The molecule has 2 N–H and O–H groups in total. The molecule has 0 bridgehead atoms. The van der Waals surface area contributed by atoms with E-state index in [1.165, 1.54) is 6.07 Å². The maximum absolute atomic E-state index is 13.9. The minimum Gasteiger partial charge on any atom is -0.320 e. The molecule has 0 aliphatic heterocycles. The second-order valence-corrected chi connectivity index (χ2v) is 4.81. The number of halogens is 1. The second kappa shape index (κ2) is 4.91. The molecule has 2 rings (SSSR count). The monoisotopic (exact) mass is 243 g/mol. The molecule has 18 heavy (non-hydrogen) atoms. The highest BCUT2D eigenvalue weighted by atomic mass is 19.1. The molecule has 0 aromatic heterocycles. The summed E-state index contributed by atoms with van der Waals surface area (Å²) in [6.45, 7) is 5.96. The van der Waals surface area contributed by atoms with Crippen LogP contribution in [0.3, 0.4) is 0 Å². The standard InChI is InChI=1S/C16H18FN/c1-10-7-8-14(17)13(9-10)16(18)15-11(2)5-4-6-12(15)3/h4-9,16H,18H2,1-3H3. The van der Waals surface area contributed by atoms with Crippen LogP contribution in [-0.4, -0.2) is 0 Å². The van der Waals surface area contributed by atoms with Gasteiger partial charge in [-0.2, -0.15) is 0 Å². The Hall–Kier alpha value is -1.67. The first-order chi connectivity index (χ1) is 8.50. The van der Waals surface area contributed by atoms with E-state index in [9.17, 15) is 4.39 Å². The Kier molecular flexibility index (Phi) is 3.48. The summed E-state index contributed by atoms with van der Waals surface area (Å²) in [5, 5.41) is 0. The minimum atomic E-state index is -0.411. The Bertz CT molecular complexity index is 555. The maximum atomic E-state index is 13.9. The van der Waals surface area contributed by atoms with E-state index in [0.717, 1.165) is 22.3 Å². The van der Waals surface area contributed by atoms with Crippen LogP contribution in [0.5, 0.6) is 0 Å². The third-order valence-corrected chi connectivity index (χ3v) is 3.34. The summed E-state index contributed by atoms with van der Waals surface area (Å²) in [5.41, 5.74) is 11.0. The molecule has 0 spiro atoms. The summed E-state index contributed by atoms with van der Waals surface area (Å²) in [4.78, 5) is 0. The Morgan fingerprint density at radius 2 is 1.61 bits per heavy atom. The molecule has 0 aliphatic carbocycles. The van der Waals surface area contributed by atoms with Crippen molar-refractivity contribution >= 4 is 0 Å². The molecular weight excluding hydrogens is 225 g/mol. The second-order valence-electron chi connectivity index (χ2n) is 4.81. The van der Waals surface area contributed by atoms with Crippen molar-refractivity contribution in [1.82, 2.24) is 0 Å². The minimum absolute atomic E-state index is 0.240. The fourth-order valence-electron chi connectivity index (χ4n) is 2.37. The Morgan fingerprint density at radius 1 is 1.00 bits per heavy atom. The zero-order chi connectivity index (χ0) is 13.3. The van der Waals surface area contributed by atoms with Gasteiger partial charge in [-0.1, -0.05) is 35.9 Å². The molecular formula is C16H18FN. The van der Waals surface area contributed by atoms with Gasteiger partial charge in [0.2, 0.25) is 0 Å². The van der Waals surface area contributed by atoms with E-state index in [4.69, 9.17) is 5.73 Å². The van der Waals surface area contributed by atoms with Crippen LogP contribution in [0.15, 0.2) is 36.4 Å². The van der Waals surface area contributed by atoms with Crippen molar-refractivity contribution in [2.75, 3.05) is 0 Å². The highest BCUT2D eigenvalue weighted by molar-refractivity contribution is 5.42. The molecule has 1 unspecified atom stereocenters. The molecule has 0 aliphatic rings. The lowest BCUT2D eigenvalue weighted by atomic mass is 9.91. The van der Waals surface area contributed by atoms with Gasteiger partial charge in [-0.05, 0) is 43.5 Å². The fourth-order valence-corrected chi connectivity index (χ4v) is 2.37. The SMILES string of the molecule is Cc1ccc(F)c(C(N)c2c(C)cccc2C)c1. The lowest BCUT2D eigenvalue weighted by molar-refractivity contribution is 0.598. The summed E-state index contributed by atoms with van der Waals surface area (Å²) < 4.78 is 13.9. The predicted octanol–water partition coefficient (Wildman–Crippen LogP) is 3.80. The third-order valence-electron chi connectivity index (χ3n) is 3.34. The van der Waals surface area contributed by atoms with E-state index >= 15 is 0 Å². The molecule has 94 valence electrons. The van der Waals surface area contributed by atoms with E-state index in [0.29, 0.717) is 5.56 Å². The number of hydrogen-bond donors (Lipinski definition) is 1. The Morgan fingerprint density at radius 3 is 2.22 bits per heavy atom. The average molecular weight is 243 g/mol. The van der Waals surface area contributed by atoms with Crippen LogP contribution in [0.4, 0.5) is 4.39 Å². The van der Waals surface area contributed by atoms with Crippen molar-refractivity contribution in [1.29, 1.82) is 0 Å². The molecule has 2 aromatic rings. The molecule has 2 aromatic carbocycles. The predicted molar refractivity (Wildman–Crippen MR) is 73.1 cm³/mol. The smallest absolute Gasteiger partial charge is 0.128 e. The number of aryl methyl sites for hydroxylation is 3. The van der Waals surface area contributed by atoms with Gasteiger partial charge >= 0.3 is 0 Å². The van der Waals surface area contributed by atoms with E-state index in [1.807, 2.05) is 45.0 Å². The van der Waals surface area contributed by atoms with Crippen molar-refractivity contribution in [3.8, 4) is 0 Å². The van der Waals surface area contributed by atoms with Gasteiger partial charge in [0.15, 0.2) is 0 Å². The van der Waals surface area contributed by atoms with Crippen molar-refractivity contribution in [3.63, 3.8) is 0 Å². The molecule has 0 fully saturated rings. The van der Waals surface area contributed by atoms with Gasteiger partial charge in [0.05, 0.1) is 6.04 Å². The van der Waals surface area contributed by atoms with Crippen molar-refractivity contribution < 1.29 is 4.39 Å².